The average Bonchev–Trinajstić information content (AvgIpc) is 3.15. The number of alkyl halides is 3. The van der Waals surface area contributed by atoms with E-state index >= 15 is 0 Å². The van der Waals surface area contributed by atoms with Crippen molar-refractivity contribution in [3.8, 4) is 0 Å². The normalized spacial score (nSPS) is 12.2. The van der Waals surface area contributed by atoms with Gasteiger partial charge in [0.05, 0.1) is 13.2 Å². The van der Waals surface area contributed by atoms with Crippen molar-refractivity contribution in [2.24, 2.45) is 5.92 Å². The van der Waals surface area contributed by atoms with Crippen LogP contribution in [0.25, 0.3) is 0 Å². The zero-order valence-electron chi connectivity index (χ0n) is 17.2. The lowest BCUT2D eigenvalue weighted by atomic mass is 10.2. The summed E-state index contributed by atoms with van der Waals surface area (Å²) in [7, 11) is 1.96. The summed E-state index contributed by atoms with van der Waals surface area (Å²) < 4.78 is 51.8. The summed E-state index contributed by atoms with van der Waals surface area (Å²) >= 11 is -0.162. The Kier molecular flexibility index (Phi) is 12.4. The van der Waals surface area contributed by atoms with Crippen LogP contribution in [0.2, 0.25) is 0 Å². The molecule has 1 heterocycles. The van der Waals surface area contributed by atoms with E-state index < -0.39 is 5.51 Å². The summed E-state index contributed by atoms with van der Waals surface area (Å²) in [5, 5.41) is 6.57. The van der Waals surface area contributed by atoms with Crippen LogP contribution in [0.3, 0.4) is 0 Å². The number of nitrogens with one attached hydrogen (secondary N) is 1. The number of nitrogens with zero attached hydrogens (tertiary/aromatic N) is 1. The number of thioether (sulfide) groups is 1. The molecule has 0 saturated carbocycles. The van der Waals surface area contributed by atoms with Gasteiger partial charge < -0.3 is 19.3 Å². The Hall–Kier alpha value is -1.88. The van der Waals surface area contributed by atoms with Crippen molar-refractivity contribution in [2.45, 2.75) is 37.5 Å². The van der Waals surface area contributed by atoms with Gasteiger partial charge in [-0.2, -0.15) is 13.2 Å². The van der Waals surface area contributed by atoms with Crippen LogP contribution < -0.4 is 5.32 Å². The van der Waals surface area contributed by atoms with E-state index in [1.165, 1.54) is 18.2 Å². The second-order valence-corrected chi connectivity index (χ2v) is 7.48. The highest BCUT2D eigenvalue weighted by Gasteiger charge is 2.28. The van der Waals surface area contributed by atoms with Crippen LogP contribution in [0.4, 0.5) is 13.2 Å². The first-order valence-electron chi connectivity index (χ1n) is 9.32. The standard InChI is InChI=1S/C13H10F3NO3S.C7H17NO/c14-13(15,16)21-12-3-1-9(2-4-12)7-19-8-11-5-10(6-18)17-20-11;1-4-9-6-7(2)5-8-3/h1-6H,7-8H2;7-8H,4-6H2,1-3H3. The molecule has 0 aliphatic carbocycles. The van der Waals surface area contributed by atoms with Crippen molar-refractivity contribution in [2.75, 3.05) is 26.8 Å². The van der Waals surface area contributed by atoms with E-state index in [4.69, 9.17) is 14.0 Å². The van der Waals surface area contributed by atoms with E-state index in [0.717, 1.165) is 25.3 Å². The van der Waals surface area contributed by atoms with E-state index in [0.29, 0.717) is 18.0 Å². The van der Waals surface area contributed by atoms with Crippen molar-refractivity contribution in [1.29, 1.82) is 0 Å². The van der Waals surface area contributed by atoms with E-state index in [2.05, 4.69) is 17.4 Å². The van der Waals surface area contributed by atoms with Crippen LogP contribution in [0.1, 0.15) is 35.7 Å². The van der Waals surface area contributed by atoms with E-state index in [1.807, 2.05) is 14.0 Å². The van der Waals surface area contributed by atoms with Gasteiger partial charge in [0.2, 0.25) is 0 Å². The lowest BCUT2D eigenvalue weighted by Gasteiger charge is -2.08. The van der Waals surface area contributed by atoms with Crippen LogP contribution in [0, 0.1) is 5.92 Å². The first-order valence-corrected chi connectivity index (χ1v) is 10.1. The number of rotatable bonds is 11. The van der Waals surface area contributed by atoms with Gasteiger partial charge in [-0.3, -0.25) is 4.79 Å². The molecule has 10 heteroatoms. The van der Waals surface area contributed by atoms with Gasteiger partial charge in [-0.1, -0.05) is 24.2 Å². The molecular formula is C20H27F3N2O4S. The highest BCUT2D eigenvalue weighted by molar-refractivity contribution is 8.00. The largest absolute Gasteiger partial charge is 0.446 e. The molecule has 0 aliphatic heterocycles. The Labute approximate surface area is 178 Å². The molecule has 1 N–H and O–H groups in total. The molecule has 1 unspecified atom stereocenters. The van der Waals surface area contributed by atoms with Crippen molar-refractivity contribution < 1.29 is 32.0 Å². The molecule has 0 radical (unpaired) electrons. The zero-order valence-corrected chi connectivity index (χ0v) is 18.0. The number of halogens is 3. The number of hydrogen-bond donors (Lipinski definition) is 1. The Balaban J connectivity index is 0.000000424. The SMILES string of the molecule is CCOCC(C)CNC.O=Cc1cc(COCc2ccc(SC(F)(F)F)cc2)on1. The monoisotopic (exact) mass is 448 g/mol. The quantitative estimate of drug-likeness (QED) is 0.395. The molecule has 0 spiro atoms. The fourth-order valence-electron chi connectivity index (χ4n) is 2.24. The minimum Gasteiger partial charge on any atom is -0.381 e. The van der Waals surface area contributed by atoms with Crippen LogP contribution in [0.5, 0.6) is 0 Å². The third-order valence-corrected chi connectivity index (χ3v) is 4.27. The van der Waals surface area contributed by atoms with Gasteiger partial charge in [-0.15, -0.1) is 0 Å². The summed E-state index contributed by atoms with van der Waals surface area (Å²) in [5.74, 6) is 1.04. The summed E-state index contributed by atoms with van der Waals surface area (Å²) in [6, 6.07) is 7.35. The maximum absolute atomic E-state index is 12.2. The predicted molar refractivity (Wildman–Crippen MR) is 108 cm³/mol. The zero-order chi connectivity index (χ0) is 22.4. The molecule has 168 valence electrons. The molecule has 0 fully saturated rings. The predicted octanol–water partition coefficient (Wildman–Crippen LogP) is 4.69. The minimum absolute atomic E-state index is 0.122. The number of carbonyl (C=O) groups is 1. The average molecular weight is 449 g/mol. The lowest BCUT2D eigenvalue weighted by Crippen LogP contribution is -2.20. The molecule has 0 bridgehead atoms. The molecule has 2 aromatic rings. The third kappa shape index (κ3) is 12.0. The van der Waals surface area contributed by atoms with Gasteiger partial charge >= 0.3 is 5.51 Å². The van der Waals surface area contributed by atoms with Crippen molar-refractivity contribution in [3.05, 3.63) is 47.3 Å². The number of ether oxygens (including phenoxy) is 2. The highest BCUT2D eigenvalue weighted by Crippen LogP contribution is 2.36. The minimum atomic E-state index is -4.29. The summed E-state index contributed by atoms with van der Waals surface area (Å²) in [6.45, 7) is 7.28. The van der Waals surface area contributed by atoms with Gasteiger partial charge in [0, 0.05) is 17.6 Å². The first-order chi connectivity index (χ1) is 14.3. The van der Waals surface area contributed by atoms with E-state index in [1.54, 1.807) is 12.1 Å². The lowest BCUT2D eigenvalue weighted by molar-refractivity contribution is -0.0328. The Morgan fingerprint density at radius 1 is 1.23 bits per heavy atom. The molecule has 6 nitrogen and oxygen atoms in total. The maximum atomic E-state index is 12.2. The Morgan fingerprint density at radius 2 is 1.93 bits per heavy atom. The molecular weight excluding hydrogens is 421 g/mol. The Morgan fingerprint density at radius 3 is 2.47 bits per heavy atom. The van der Waals surface area contributed by atoms with Crippen LogP contribution in [-0.2, 0) is 22.7 Å². The second-order valence-electron chi connectivity index (χ2n) is 6.34. The molecule has 0 saturated heterocycles. The van der Waals surface area contributed by atoms with Gasteiger partial charge in [0.1, 0.15) is 12.3 Å². The summed E-state index contributed by atoms with van der Waals surface area (Å²) in [6.07, 6.45) is 0.560. The molecule has 0 amide bonds. The smallest absolute Gasteiger partial charge is 0.381 e. The van der Waals surface area contributed by atoms with Gasteiger partial charge in [-0.25, -0.2) is 0 Å². The fourth-order valence-corrected chi connectivity index (χ4v) is 2.78. The van der Waals surface area contributed by atoms with E-state index in [-0.39, 0.29) is 35.6 Å². The summed E-state index contributed by atoms with van der Waals surface area (Å²) in [4.78, 5) is 10.5. The van der Waals surface area contributed by atoms with Crippen LogP contribution in [0.15, 0.2) is 39.8 Å². The number of aldehydes is 1. The Bertz CT molecular complexity index is 724. The molecule has 2 rings (SSSR count). The molecule has 1 aromatic carbocycles. The summed E-state index contributed by atoms with van der Waals surface area (Å²) in [5.41, 5.74) is -3.38. The highest BCUT2D eigenvalue weighted by atomic mass is 32.2. The van der Waals surface area contributed by atoms with Gasteiger partial charge in [0.25, 0.3) is 0 Å². The molecule has 1 atom stereocenters. The maximum Gasteiger partial charge on any atom is 0.446 e. The number of hydrogen-bond acceptors (Lipinski definition) is 7. The topological polar surface area (TPSA) is 73.6 Å². The van der Waals surface area contributed by atoms with Crippen LogP contribution >= 0.6 is 11.8 Å². The number of carbonyl (C=O) groups excluding carboxylic acids is 1. The van der Waals surface area contributed by atoms with Crippen molar-refractivity contribution >= 4 is 18.0 Å². The number of benzene rings is 1. The third-order valence-electron chi connectivity index (χ3n) is 3.53. The van der Waals surface area contributed by atoms with Crippen LogP contribution in [-0.4, -0.2) is 43.8 Å². The fraction of sp³-hybridized carbons (Fsp3) is 0.500. The van der Waals surface area contributed by atoms with Gasteiger partial charge in [0.15, 0.2) is 12.0 Å². The molecule has 0 aliphatic rings. The van der Waals surface area contributed by atoms with Crippen molar-refractivity contribution in [1.82, 2.24) is 10.5 Å². The second kappa shape index (κ2) is 14.2. The molecule has 1 aromatic heterocycles. The number of aromatic nitrogens is 1. The first kappa shape index (κ1) is 26.2. The van der Waals surface area contributed by atoms with Gasteiger partial charge in [-0.05, 0) is 55.9 Å². The van der Waals surface area contributed by atoms with E-state index in [9.17, 15) is 18.0 Å². The molecule has 30 heavy (non-hydrogen) atoms. The van der Waals surface area contributed by atoms with Crippen molar-refractivity contribution in [3.63, 3.8) is 0 Å².